The molecule has 0 aliphatic carbocycles. The number of rotatable bonds is 6. The van der Waals surface area contributed by atoms with Crippen LogP contribution in [0.3, 0.4) is 0 Å². The maximum Gasteiger partial charge on any atom is 0.275 e. The van der Waals surface area contributed by atoms with E-state index < -0.39 is 0 Å². The van der Waals surface area contributed by atoms with Crippen molar-refractivity contribution in [3.05, 3.63) is 22.6 Å². The first-order valence-electron chi connectivity index (χ1n) is 6.83. The predicted octanol–water partition coefficient (Wildman–Crippen LogP) is 1.68. The van der Waals surface area contributed by atoms with Gasteiger partial charge in [0, 0.05) is 37.4 Å². The highest BCUT2D eigenvalue weighted by molar-refractivity contribution is 7.20. The minimum Gasteiger partial charge on any atom is -0.359 e. The molecule has 2 rings (SSSR count). The van der Waals surface area contributed by atoms with E-state index >= 15 is 0 Å². The highest BCUT2D eigenvalue weighted by Gasteiger charge is 2.13. The standard InChI is InChI=1S/C13H21N5OS/c1-9(2)17(10(3)4)8-7-14-12-16-18-11(19)5-6-15-13(18)20-12/h5-6,9-10H,7-8H2,1-4H3,(H,14,16). The van der Waals surface area contributed by atoms with Crippen LogP contribution in [0.1, 0.15) is 27.7 Å². The zero-order chi connectivity index (χ0) is 14.7. The molecule has 0 amide bonds. The Labute approximate surface area is 122 Å². The van der Waals surface area contributed by atoms with Gasteiger partial charge in [-0.25, -0.2) is 4.98 Å². The van der Waals surface area contributed by atoms with Crippen LogP contribution in [0.15, 0.2) is 17.1 Å². The summed E-state index contributed by atoms with van der Waals surface area (Å²) in [6.45, 7) is 10.5. The monoisotopic (exact) mass is 295 g/mol. The predicted molar refractivity (Wildman–Crippen MR) is 82.6 cm³/mol. The summed E-state index contributed by atoms with van der Waals surface area (Å²) >= 11 is 1.39. The summed E-state index contributed by atoms with van der Waals surface area (Å²) in [4.78, 5) is 18.7. The van der Waals surface area contributed by atoms with Crippen LogP contribution >= 0.6 is 11.3 Å². The van der Waals surface area contributed by atoms with E-state index in [1.165, 1.54) is 28.1 Å². The van der Waals surface area contributed by atoms with Gasteiger partial charge < -0.3 is 5.32 Å². The summed E-state index contributed by atoms with van der Waals surface area (Å²) in [5.41, 5.74) is -0.148. The highest BCUT2D eigenvalue weighted by Crippen LogP contribution is 2.15. The van der Waals surface area contributed by atoms with Crippen LogP contribution in [0.5, 0.6) is 0 Å². The van der Waals surface area contributed by atoms with E-state index in [0.717, 1.165) is 18.2 Å². The molecule has 0 atom stereocenters. The molecule has 0 unspecified atom stereocenters. The van der Waals surface area contributed by atoms with E-state index in [0.29, 0.717) is 17.0 Å². The SMILES string of the molecule is CC(C)N(CCNc1nn2c(=O)ccnc2s1)C(C)C. The van der Waals surface area contributed by atoms with E-state index in [4.69, 9.17) is 0 Å². The minimum atomic E-state index is -0.148. The summed E-state index contributed by atoms with van der Waals surface area (Å²) in [6.07, 6.45) is 1.51. The first-order chi connectivity index (χ1) is 9.49. The number of fused-ring (bicyclic) bond motifs is 1. The summed E-state index contributed by atoms with van der Waals surface area (Å²) in [5, 5.41) is 8.23. The normalized spacial score (nSPS) is 11.9. The molecule has 0 spiro atoms. The van der Waals surface area contributed by atoms with E-state index in [9.17, 15) is 4.79 Å². The molecule has 0 saturated carbocycles. The topological polar surface area (TPSA) is 62.5 Å². The van der Waals surface area contributed by atoms with Crippen molar-refractivity contribution in [2.24, 2.45) is 0 Å². The fourth-order valence-electron chi connectivity index (χ4n) is 2.22. The molecule has 0 aliphatic heterocycles. The number of anilines is 1. The van der Waals surface area contributed by atoms with E-state index in [1.807, 2.05) is 0 Å². The van der Waals surface area contributed by atoms with E-state index in [2.05, 4.69) is 48.0 Å². The smallest absolute Gasteiger partial charge is 0.275 e. The Bertz CT molecular complexity index is 610. The maximum atomic E-state index is 11.6. The molecular weight excluding hydrogens is 274 g/mol. The third kappa shape index (κ3) is 3.34. The fourth-order valence-corrected chi connectivity index (χ4v) is 3.02. The molecule has 1 N–H and O–H groups in total. The van der Waals surface area contributed by atoms with Gasteiger partial charge in [0.1, 0.15) is 0 Å². The second kappa shape index (κ2) is 6.32. The van der Waals surface area contributed by atoms with Crippen LogP contribution in [0.4, 0.5) is 5.13 Å². The van der Waals surface area contributed by atoms with Gasteiger partial charge in [0.25, 0.3) is 5.56 Å². The average molecular weight is 295 g/mol. The number of aromatic nitrogens is 3. The summed E-state index contributed by atoms with van der Waals surface area (Å²) in [6, 6.07) is 2.43. The Hall–Kier alpha value is -1.47. The van der Waals surface area contributed by atoms with Gasteiger partial charge in [-0.05, 0) is 27.7 Å². The lowest BCUT2D eigenvalue weighted by molar-refractivity contribution is 0.182. The lowest BCUT2D eigenvalue weighted by Gasteiger charge is -2.30. The van der Waals surface area contributed by atoms with Gasteiger partial charge >= 0.3 is 0 Å². The van der Waals surface area contributed by atoms with Gasteiger partial charge in [0.2, 0.25) is 10.1 Å². The van der Waals surface area contributed by atoms with E-state index in [-0.39, 0.29) is 5.56 Å². The van der Waals surface area contributed by atoms with Crippen molar-refractivity contribution in [3.63, 3.8) is 0 Å². The van der Waals surface area contributed by atoms with Crippen LogP contribution in [-0.2, 0) is 0 Å². The maximum absolute atomic E-state index is 11.6. The zero-order valence-corrected chi connectivity index (χ0v) is 13.1. The second-order valence-electron chi connectivity index (χ2n) is 5.24. The molecule has 0 aromatic carbocycles. The van der Waals surface area contributed by atoms with Gasteiger partial charge in [-0.3, -0.25) is 9.69 Å². The molecule has 2 heterocycles. The number of nitrogens with one attached hydrogen (secondary N) is 1. The van der Waals surface area contributed by atoms with Gasteiger partial charge in [-0.15, -0.1) is 5.10 Å². The third-order valence-corrected chi connectivity index (χ3v) is 4.02. The Morgan fingerprint density at radius 3 is 2.65 bits per heavy atom. The first-order valence-corrected chi connectivity index (χ1v) is 7.65. The van der Waals surface area contributed by atoms with Gasteiger partial charge in [-0.1, -0.05) is 11.3 Å². The molecule has 0 radical (unpaired) electrons. The summed E-state index contributed by atoms with van der Waals surface area (Å²) in [7, 11) is 0. The molecule has 0 saturated heterocycles. The van der Waals surface area contributed by atoms with Crippen molar-refractivity contribution < 1.29 is 0 Å². The quantitative estimate of drug-likeness (QED) is 0.878. The van der Waals surface area contributed by atoms with Crippen LogP contribution in [0.25, 0.3) is 4.96 Å². The van der Waals surface area contributed by atoms with Gasteiger partial charge in [0.05, 0.1) is 0 Å². The lowest BCUT2D eigenvalue weighted by atomic mass is 10.2. The van der Waals surface area contributed by atoms with Gasteiger partial charge in [0.15, 0.2) is 0 Å². The number of hydrogen-bond donors (Lipinski definition) is 1. The second-order valence-corrected chi connectivity index (χ2v) is 6.19. The summed E-state index contributed by atoms with van der Waals surface area (Å²) < 4.78 is 1.33. The fraction of sp³-hybridized carbons (Fsp3) is 0.615. The van der Waals surface area contributed by atoms with Crippen LogP contribution in [0.2, 0.25) is 0 Å². The van der Waals surface area contributed by atoms with Crippen LogP contribution in [-0.4, -0.2) is 44.7 Å². The Balaban J connectivity index is 1.99. The molecule has 0 aliphatic rings. The molecule has 20 heavy (non-hydrogen) atoms. The van der Waals surface area contributed by atoms with Crippen molar-refractivity contribution in [2.45, 2.75) is 39.8 Å². The van der Waals surface area contributed by atoms with Crippen LogP contribution in [0, 0.1) is 0 Å². The largest absolute Gasteiger partial charge is 0.359 e. The highest BCUT2D eigenvalue weighted by atomic mass is 32.1. The first kappa shape index (κ1) is 14.9. The van der Waals surface area contributed by atoms with Crippen molar-refractivity contribution in [1.82, 2.24) is 19.5 Å². The molecule has 0 fully saturated rings. The molecule has 2 aromatic rings. The van der Waals surface area contributed by atoms with Crippen molar-refractivity contribution >= 4 is 21.4 Å². The Morgan fingerprint density at radius 1 is 1.35 bits per heavy atom. The number of nitrogens with zero attached hydrogens (tertiary/aromatic N) is 4. The Kier molecular flexibility index (Phi) is 4.72. The minimum absolute atomic E-state index is 0.148. The zero-order valence-electron chi connectivity index (χ0n) is 12.3. The van der Waals surface area contributed by atoms with Crippen molar-refractivity contribution in [3.8, 4) is 0 Å². The van der Waals surface area contributed by atoms with Crippen LogP contribution < -0.4 is 10.9 Å². The summed E-state index contributed by atoms with van der Waals surface area (Å²) in [5.74, 6) is 0. The number of hydrogen-bond acceptors (Lipinski definition) is 6. The molecular formula is C13H21N5OS. The van der Waals surface area contributed by atoms with Crippen molar-refractivity contribution in [1.29, 1.82) is 0 Å². The molecule has 2 aromatic heterocycles. The molecule has 6 nitrogen and oxygen atoms in total. The van der Waals surface area contributed by atoms with Crippen molar-refractivity contribution in [2.75, 3.05) is 18.4 Å². The molecule has 0 bridgehead atoms. The van der Waals surface area contributed by atoms with E-state index in [1.54, 1.807) is 0 Å². The Morgan fingerprint density at radius 2 is 2.05 bits per heavy atom. The lowest BCUT2D eigenvalue weighted by Crippen LogP contribution is -2.40. The molecule has 110 valence electrons. The third-order valence-electron chi connectivity index (χ3n) is 3.14. The average Bonchev–Trinajstić information content (AvgIpc) is 2.78. The molecule has 7 heteroatoms. The van der Waals surface area contributed by atoms with Gasteiger partial charge in [-0.2, -0.15) is 4.52 Å².